The normalized spacial score (nSPS) is 16.6. The van der Waals surface area contributed by atoms with Gasteiger partial charge < -0.3 is 15.5 Å². The average molecular weight is 374 g/mol. The molecule has 1 aromatic rings. The van der Waals surface area contributed by atoms with Crippen LogP contribution in [0.4, 0.5) is 0 Å². The van der Waals surface area contributed by atoms with Gasteiger partial charge in [-0.2, -0.15) is 0 Å². The highest BCUT2D eigenvalue weighted by atomic mass is 16.2. The van der Waals surface area contributed by atoms with Crippen LogP contribution in [-0.2, 0) is 4.79 Å². The summed E-state index contributed by atoms with van der Waals surface area (Å²) >= 11 is 0. The van der Waals surface area contributed by atoms with Crippen molar-refractivity contribution in [2.24, 2.45) is 5.92 Å². The molecule has 1 unspecified atom stereocenters. The van der Waals surface area contributed by atoms with E-state index in [1.165, 1.54) is 38.8 Å². The first-order valence-corrected chi connectivity index (χ1v) is 10.4. The second kappa shape index (κ2) is 11.1. The fraction of sp³-hybridized carbons (Fsp3) is 0.636. The van der Waals surface area contributed by atoms with Gasteiger partial charge in [0.25, 0.3) is 5.91 Å². The summed E-state index contributed by atoms with van der Waals surface area (Å²) in [5.74, 6) is -0.252. The first-order chi connectivity index (χ1) is 13.0. The highest BCUT2D eigenvalue weighted by molar-refractivity contribution is 5.98. The Bertz CT molecular complexity index is 607. The SMILES string of the molecule is Cc1ccccc1C(=O)NC(C(=O)NCCCN1CCCCCC1)C(C)C. The summed E-state index contributed by atoms with van der Waals surface area (Å²) in [4.78, 5) is 27.7. The zero-order valence-electron chi connectivity index (χ0n) is 17.1. The number of hydrogen-bond acceptors (Lipinski definition) is 3. The van der Waals surface area contributed by atoms with E-state index in [1.54, 1.807) is 6.07 Å². The van der Waals surface area contributed by atoms with Crippen molar-refractivity contribution in [2.45, 2.75) is 58.9 Å². The van der Waals surface area contributed by atoms with Crippen molar-refractivity contribution in [1.29, 1.82) is 0 Å². The van der Waals surface area contributed by atoms with Gasteiger partial charge in [0.2, 0.25) is 5.91 Å². The summed E-state index contributed by atoms with van der Waals surface area (Å²) in [5, 5.41) is 5.92. The third kappa shape index (κ3) is 6.98. The second-order valence-corrected chi connectivity index (χ2v) is 7.91. The number of hydrogen-bond donors (Lipinski definition) is 2. The van der Waals surface area contributed by atoms with Crippen LogP contribution in [0.25, 0.3) is 0 Å². The van der Waals surface area contributed by atoms with Gasteiger partial charge in [-0.3, -0.25) is 9.59 Å². The molecule has 150 valence electrons. The first-order valence-electron chi connectivity index (χ1n) is 10.4. The molecule has 5 heteroatoms. The lowest BCUT2D eigenvalue weighted by Gasteiger charge is -2.23. The Balaban J connectivity index is 1.80. The Hall–Kier alpha value is -1.88. The number of carbonyl (C=O) groups is 2. The molecule has 0 radical (unpaired) electrons. The average Bonchev–Trinajstić information content (AvgIpc) is 2.92. The molecule has 1 aliphatic rings. The third-order valence-electron chi connectivity index (χ3n) is 5.27. The number of benzene rings is 1. The summed E-state index contributed by atoms with van der Waals surface area (Å²) in [6, 6.07) is 6.93. The molecule has 5 nitrogen and oxygen atoms in total. The minimum atomic E-state index is -0.518. The van der Waals surface area contributed by atoms with Gasteiger partial charge in [0.05, 0.1) is 0 Å². The van der Waals surface area contributed by atoms with Crippen LogP contribution in [0.15, 0.2) is 24.3 Å². The van der Waals surface area contributed by atoms with Gasteiger partial charge in [0.1, 0.15) is 6.04 Å². The molecule has 1 atom stereocenters. The number of rotatable bonds is 8. The number of carbonyl (C=O) groups excluding carboxylic acids is 2. The molecule has 27 heavy (non-hydrogen) atoms. The Morgan fingerprint density at radius 2 is 1.74 bits per heavy atom. The number of nitrogens with zero attached hydrogens (tertiary/aromatic N) is 1. The van der Waals surface area contributed by atoms with Crippen LogP contribution >= 0.6 is 0 Å². The zero-order chi connectivity index (χ0) is 19.6. The maximum atomic E-state index is 12.6. The predicted octanol–water partition coefficient (Wildman–Crippen LogP) is 3.13. The third-order valence-corrected chi connectivity index (χ3v) is 5.27. The van der Waals surface area contributed by atoms with Crippen LogP contribution < -0.4 is 10.6 Å². The fourth-order valence-corrected chi connectivity index (χ4v) is 3.57. The van der Waals surface area contributed by atoms with E-state index in [0.29, 0.717) is 12.1 Å². The van der Waals surface area contributed by atoms with Gasteiger partial charge in [-0.25, -0.2) is 0 Å². The molecule has 2 N–H and O–H groups in total. The number of likely N-dealkylation sites (tertiary alicyclic amines) is 1. The molecule has 0 saturated carbocycles. The molecule has 0 aromatic heterocycles. The quantitative estimate of drug-likeness (QED) is 0.688. The maximum absolute atomic E-state index is 12.6. The summed E-state index contributed by atoms with van der Waals surface area (Å²) < 4.78 is 0. The van der Waals surface area contributed by atoms with Crippen molar-refractivity contribution in [3.05, 3.63) is 35.4 Å². The zero-order valence-corrected chi connectivity index (χ0v) is 17.1. The minimum Gasteiger partial charge on any atom is -0.354 e. The van der Waals surface area contributed by atoms with E-state index < -0.39 is 6.04 Å². The van der Waals surface area contributed by atoms with Crippen LogP contribution in [-0.4, -0.2) is 48.9 Å². The number of nitrogens with one attached hydrogen (secondary N) is 2. The monoisotopic (exact) mass is 373 g/mol. The lowest BCUT2D eigenvalue weighted by atomic mass is 10.0. The molecule has 0 spiro atoms. The topological polar surface area (TPSA) is 61.4 Å². The van der Waals surface area contributed by atoms with E-state index in [9.17, 15) is 9.59 Å². The molecule has 0 bridgehead atoms. The van der Waals surface area contributed by atoms with Gasteiger partial charge in [-0.15, -0.1) is 0 Å². The molecule has 1 saturated heterocycles. The van der Waals surface area contributed by atoms with Crippen molar-refractivity contribution in [3.63, 3.8) is 0 Å². The van der Waals surface area contributed by atoms with Crippen LogP contribution in [0.1, 0.15) is 61.9 Å². The lowest BCUT2D eigenvalue weighted by molar-refractivity contribution is -0.123. The molecule has 2 amide bonds. The number of amides is 2. The van der Waals surface area contributed by atoms with Crippen molar-refractivity contribution < 1.29 is 9.59 Å². The van der Waals surface area contributed by atoms with E-state index in [-0.39, 0.29) is 17.7 Å². The van der Waals surface area contributed by atoms with E-state index in [4.69, 9.17) is 0 Å². The van der Waals surface area contributed by atoms with Crippen molar-refractivity contribution in [3.8, 4) is 0 Å². The molecule has 1 fully saturated rings. The fourth-order valence-electron chi connectivity index (χ4n) is 3.57. The van der Waals surface area contributed by atoms with Gasteiger partial charge in [0.15, 0.2) is 0 Å². The summed E-state index contributed by atoms with van der Waals surface area (Å²) in [5.41, 5.74) is 1.53. The van der Waals surface area contributed by atoms with Crippen molar-refractivity contribution >= 4 is 11.8 Å². The maximum Gasteiger partial charge on any atom is 0.252 e. The molecule has 0 aliphatic carbocycles. The summed E-state index contributed by atoms with van der Waals surface area (Å²) in [6.07, 6.45) is 6.19. The van der Waals surface area contributed by atoms with E-state index >= 15 is 0 Å². The molecule has 1 aromatic carbocycles. The largest absolute Gasteiger partial charge is 0.354 e. The predicted molar refractivity (Wildman–Crippen MR) is 110 cm³/mol. The highest BCUT2D eigenvalue weighted by Crippen LogP contribution is 2.11. The van der Waals surface area contributed by atoms with E-state index in [2.05, 4.69) is 15.5 Å². The Morgan fingerprint density at radius 3 is 2.37 bits per heavy atom. The van der Waals surface area contributed by atoms with Crippen LogP contribution in [0, 0.1) is 12.8 Å². The molecule has 1 heterocycles. The van der Waals surface area contributed by atoms with Crippen molar-refractivity contribution in [2.75, 3.05) is 26.2 Å². The Kier molecular flexibility index (Phi) is 8.79. The van der Waals surface area contributed by atoms with Gasteiger partial charge in [-0.05, 0) is 63.4 Å². The van der Waals surface area contributed by atoms with Crippen LogP contribution in [0.3, 0.4) is 0 Å². The highest BCUT2D eigenvalue weighted by Gasteiger charge is 2.24. The standard InChI is InChI=1S/C22H35N3O2/c1-17(2)20(24-21(26)19-12-7-6-11-18(19)3)22(27)23-13-10-16-25-14-8-4-5-9-15-25/h6-7,11-12,17,20H,4-5,8-10,13-16H2,1-3H3,(H,23,27)(H,24,26). The van der Waals surface area contributed by atoms with Crippen molar-refractivity contribution in [1.82, 2.24) is 15.5 Å². The van der Waals surface area contributed by atoms with E-state index in [1.807, 2.05) is 39.0 Å². The second-order valence-electron chi connectivity index (χ2n) is 7.91. The summed E-state index contributed by atoms with van der Waals surface area (Å²) in [7, 11) is 0. The first kappa shape index (κ1) is 21.4. The minimum absolute atomic E-state index is 0.0311. The Morgan fingerprint density at radius 1 is 1.07 bits per heavy atom. The Labute approximate surface area is 163 Å². The molecule has 2 rings (SSSR count). The lowest BCUT2D eigenvalue weighted by Crippen LogP contribution is -2.50. The van der Waals surface area contributed by atoms with E-state index in [0.717, 1.165) is 18.5 Å². The molecular weight excluding hydrogens is 338 g/mol. The molecular formula is C22H35N3O2. The van der Waals surface area contributed by atoms with Gasteiger partial charge in [0, 0.05) is 12.1 Å². The number of aryl methyl sites for hydroxylation is 1. The van der Waals surface area contributed by atoms with Crippen LogP contribution in [0.5, 0.6) is 0 Å². The summed E-state index contributed by atoms with van der Waals surface area (Å²) in [6.45, 7) is 9.85. The molecule has 1 aliphatic heterocycles. The smallest absolute Gasteiger partial charge is 0.252 e. The van der Waals surface area contributed by atoms with Crippen LogP contribution in [0.2, 0.25) is 0 Å². The van der Waals surface area contributed by atoms with Gasteiger partial charge in [-0.1, -0.05) is 44.9 Å². The van der Waals surface area contributed by atoms with Gasteiger partial charge >= 0.3 is 0 Å².